The van der Waals surface area contributed by atoms with Gasteiger partial charge in [0.25, 0.3) is 0 Å². The molecule has 0 bridgehead atoms. The maximum Gasteiger partial charge on any atom is 0.231 e. The van der Waals surface area contributed by atoms with Crippen molar-refractivity contribution in [1.29, 1.82) is 0 Å². The van der Waals surface area contributed by atoms with Gasteiger partial charge in [0.2, 0.25) is 5.91 Å². The van der Waals surface area contributed by atoms with Gasteiger partial charge >= 0.3 is 0 Å². The second-order valence-electron chi connectivity index (χ2n) is 3.66. The minimum Gasteiger partial charge on any atom is -0.369 e. The SMILES string of the molecule is CCCN(CC(N)=O)Cc1ccccc1. The van der Waals surface area contributed by atoms with Crippen LogP contribution in [0.2, 0.25) is 0 Å². The highest BCUT2D eigenvalue weighted by Crippen LogP contribution is 2.04. The molecule has 0 fully saturated rings. The molecule has 0 saturated heterocycles. The summed E-state index contributed by atoms with van der Waals surface area (Å²) in [6.07, 6.45) is 1.03. The Hall–Kier alpha value is -1.35. The summed E-state index contributed by atoms with van der Waals surface area (Å²) in [7, 11) is 0. The first-order valence-corrected chi connectivity index (χ1v) is 5.27. The van der Waals surface area contributed by atoms with Crippen molar-refractivity contribution in [3.05, 3.63) is 35.9 Å². The molecule has 0 aromatic heterocycles. The second-order valence-corrected chi connectivity index (χ2v) is 3.66. The second kappa shape index (κ2) is 6.19. The fourth-order valence-electron chi connectivity index (χ4n) is 1.59. The Kier molecular flexibility index (Phi) is 4.84. The molecule has 0 aliphatic carbocycles. The zero-order valence-electron chi connectivity index (χ0n) is 9.15. The molecule has 1 amide bonds. The molecule has 15 heavy (non-hydrogen) atoms. The smallest absolute Gasteiger partial charge is 0.231 e. The Balaban J connectivity index is 2.54. The summed E-state index contributed by atoms with van der Waals surface area (Å²) in [4.78, 5) is 12.9. The van der Waals surface area contributed by atoms with Crippen molar-refractivity contribution in [3.8, 4) is 0 Å². The number of hydrogen-bond donors (Lipinski definition) is 1. The van der Waals surface area contributed by atoms with Crippen LogP contribution in [-0.4, -0.2) is 23.9 Å². The van der Waals surface area contributed by atoms with Crippen molar-refractivity contribution in [1.82, 2.24) is 4.90 Å². The Morgan fingerprint density at radius 3 is 2.53 bits per heavy atom. The highest BCUT2D eigenvalue weighted by Gasteiger charge is 2.07. The molecule has 0 atom stereocenters. The standard InChI is InChI=1S/C12H18N2O/c1-2-8-14(10-12(13)15)9-11-6-4-3-5-7-11/h3-7H,2,8-10H2,1H3,(H2,13,15). The lowest BCUT2D eigenvalue weighted by molar-refractivity contribution is -0.119. The van der Waals surface area contributed by atoms with E-state index in [0.29, 0.717) is 6.54 Å². The number of nitrogens with two attached hydrogens (primary N) is 1. The molecule has 0 spiro atoms. The molecule has 0 aliphatic heterocycles. The zero-order chi connectivity index (χ0) is 11.1. The summed E-state index contributed by atoms with van der Waals surface area (Å²) < 4.78 is 0. The van der Waals surface area contributed by atoms with Crippen molar-refractivity contribution < 1.29 is 4.79 Å². The van der Waals surface area contributed by atoms with Gasteiger partial charge in [-0.25, -0.2) is 0 Å². The quantitative estimate of drug-likeness (QED) is 0.764. The summed E-state index contributed by atoms with van der Waals surface area (Å²) in [5.74, 6) is -0.264. The number of nitrogens with zero attached hydrogens (tertiary/aromatic N) is 1. The lowest BCUT2D eigenvalue weighted by Gasteiger charge is -2.19. The van der Waals surface area contributed by atoms with Gasteiger partial charge in [0.1, 0.15) is 0 Å². The van der Waals surface area contributed by atoms with Gasteiger partial charge in [-0.1, -0.05) is 37.3 Å². The third kappa shape index (κ3) is 4.61. The first-order valence-electron chi connectivity index (χ1n) is 5.27. The van der Waals surface area contributed by atoms with Crippen LogP contribution in [0.1, 0.15) is 18.9 Å². The first-order chi connectivity index (χ1) is 7.22. The van der Waals surface area contributed by atoms with E-state index in [1.807, 2.05) is 18.2 Å². The van der Waals surface area contributed by atoms with Crippen molar-refractivity contribution in [3.63, 3.8) is 0 Å². The minimum atomic E-state index is -0.264. The molecule has 1 aromatic rings. The van der Waals surface area contributed by atoms with Crippen molar-refractivity contribution >= 4 is 5.91 Å². The van der Waals surface area contributed by atoms with Crippen LogP contribution in [0.5, 0.6) is 0 Å². The number of primary amides is 1. The fraction of sp³-hybridized carbons (Fsp3) is 0.417. The van der Waals surface area contributed by atoms with Crippen LogP contribution < -0.4 is 5.73 Å². The van der Waals surface area contributed by atoms with E-state index in [-0.39, 0.29) is 5.91 Å². The molecular weight excluding hydrogens is 188 g/mol. The van der Waals surface area contributed by atoms with Crippen LogP contribution in [0.15, 0.2) is 30.3 Å². The van der Waals surface area contributed by atoms with Crippen LogP contribution in [0.3, 0.4) is 0 Å². The molecule has 3 nitrogen and oxygen atoms in total. The van der Waals surface area contributed by atoms with E-state index in [1.54, 1.807) is 0 Å². The lowest BCUT2D eigenvalue weighted by atomic mass is 10.2. The van der Waals surface area contributed by atoms with Crippen molar-refractivity contribution in [2.45, 2.75) is 19.9 Å². The summed E-state index contributed by atoms with van der Waals surface area (Å²) in [5, 5.41) is 0. The highest BCUT2D eigenvalue weighted by atomic mass is 16.1. The van der Waals surface area contributed by atoms with E-state index in [1.165, 1.54) is 5.56 Å². The third-order valence-corrected chi connectivity index (χ3v) is 2.17. The summed E-state index contributed by atoms with van der Waals surface area (Å²) in [6.45, 7) is 4.12. The molecule has 2 N–H and O–H groups in total. The monoisotopic (exact) mass is 206 g/mol. The van der Waals surface area contributed by atoms with Crippen LogP contribution >= 0.6 is 0 Å². The molecule has 3 heteroatoms. The predicted octanol–water partition coefficient (Wildman–Crippen LogP) is 1.38. The van der Waals surface area contributed by atoms with Crippen LogP contribution in [0.25, 0.3) is 0 Å². The molecule has 0 saturated carbocycles. The number of hydrogen-bond acceptors (Lipinski definition) is 2. The third-order valence-electron chi connectivity index (χ3n) is 2.17. The predicted molar refractivity (Wildman–Crippen MR) is 61.2 cm³/mol. The number of benzene rings is 1. The van der Waals surface area contributed by atoms with Crippen LogP contribution in [-0.2, 0) is 11.3 Å². The van der Waals surface area contributed by atoms with Crippen molar-refractivity contribution in [2.24, 2.45) is 5.73 Å². The average molecular weight is 206 g/mol. The van der Waals surface area contributed by atoms with Gasteiger partial charge in [-0.15, -0.1) is 0 Å². The summed E-state index contributed by atoms with van der Waals surface area (Å²) in [6, 6.07) is 10.1. The van der Waals surface area contributed by atoms with Gasteiger partial charge in [0.05, 0.1) is 6.54 Å². The van der Waals surface area contributed by atoms with Gasteiger partial charge in [0, 0.05) is 6.54 Å². The Labute approximate surface area is 90.9 Å². The Bertz CT molecular complexity index is 298. The van der Waals surface area contributed by atoms with E-state index in [2.05, 4.69) is 24.0 Å². The summed E-state index contributed by atoms with van der Waals surface area (Å²) >= 11 is 0. The molecule has 0 unspecified atom stereocenters. The largest absolute Gasteiger partial charge is 0.369 e. The van der Waals surface area contributed by atoms with Gasteiger partial charge < -0.3 is 5.73 Å². The van der Waals surface area contributed by atoms with E-state index in [0.717, 1.165) is 19.5 Å². The maximum atomic E-state index is 10.9. The Morgan fingerprint density at radius 1 is 1.33 bits per heavy atom. The van der Waals surface area contributed by atoms with Gasteiger partial charge in [0.15, 0.2) is 0 Å². The van der Waals surface area contributed by atoms with E-state index < -0.39 is 0 Å². The number of amides is 1. The molecule has 0 aliphatic rings. The fourth-order valence-corrected chi connectivity index (χ4v) is 1.59. The van der Waals surface area contributed by atoms with E-state index in [4.69, 9.17) is 5.73 Å². The topological polar surface area (TPSA) is 46.3 Å². The normalized spacial score (nSPS) is 10.5. The lowest BCUT2D eigenvalue weighted by Crippen LogP contribution is -2.33. The molecule has 1 aromatic carbocycles. The number of carbonyl (C=O) groups excluding carboxylic acids is 1. The molecule has 1 rings (SSSR count). The first kappa shape index (κ1) is 11.7. The van der Waals surface area contributed by atoms with Crippen LogP contribution in [0, 0.1) is 0 Å². The summed E-state index contributed by atoms with van der Waals surface area (Å²) in [5.41, 5.74) is 6.41. The van der Waals surface area contributed by atoms with E-state index >= 15 is 0 Å². The van der Waals surface area contributed by atoms with Crippen molar-refractivity contribution in [2.75, 3.05) is 13.1 Å². The Morgan fingerprint density at radius 2 is 2.00 bits per heavy atom. The number of rotatable bonds is 6. The number of carbonyl (C=O) groups is 1. The minimum absolute atomic E-state index is 0.264. The van der Waals surface area contributed by atoms with Gasteiger partial charge in [-0.05, 0) is 18.5 Å². The molecule has 0 radical (unpaired) electrons. The molecule has 0 heterocycles. The van der Waals surface area contributed by atoms with Gasteiger partial charge in [-0.3, -0.25) is 9.69 Å². The molecule has 82 valence electrons. The van der Waals surface area contributed by atoms with Crippen LogP contribution in [0.4, 0.5) is 0 Å². The highest BCUT2D eigenvalue weighted by molar-refractivity contribution is 5.75. The van der Waals surface area contributed by atoms with E-state index in [9.17, 15) is 4.79 Å². The zero-order valence-corrected chi connectivity index (χ0v) is 9.15. The molecular formula is C12H18N2O. The van der Waals surface area contributed by atoms with Gasteiger partial charge in [-0.2, -0.15) is 0 Å². The maximum absolute atomic E-state index is 10.9. The average Bonchev–Trinajstić information content (AvgIpc) is 2.18.